The van der Waals surface area contributed by atoms with Gasteiger partial charge in [-0.15, -0.1) is 0 Å². The van der Waals surface area contributed by atoms with Crippen LogP contribution in [0, 0.1) is 6.92 Å². The molecule has 1 aliphatic rings. The number of nitrogens with zero attached hydrogens (tertiary/aromatic N) is 1. The summed E-state index contributed by atoms with van der Waals surface area (Å²) in [6.45, 7) is 1.63. The average molecular weight is 427 g/mol. The molecule has 7 nitrogen and oxygen atoms in total. The number of aryl methyl sites for hydroxylation is 1. The molecule has 0 saturated carbocycles. The number of fused-ring (bicyclic) bond motifs is 1. The molecule has 1 saturated heterocycles. The van der Waals surface area contributed by atoms with Crippen molar-refractivity contribution in [2.24, 2.45) is 0 Å². The standard InChI is InChI=1S/C24H29NO6/c1-14-2-7-18-17(11-16-5-3-15(4-6-16)8-9-26)12-25(19(18)10-14)24-23(30)22(29)21(28)20(13-27)31-24/h2-7,10,12,20-24,26-30H,8-9,11,13H2,1H3/t20-,21-,22+,23-,24-/m1/s1. The van der Waals surface area contributed by atoms with Crippen molar-refractivity contribution in [3.05, 3.63) is 70.9 Å². The van der Waals surface area contributed by atoms with Crippen molar-refractivity contribution in [1.29, 1.82) is 0 Å². The van der Waals surface area contributed by atoms with Gasteiger partial charge in [0.1, 0.15) is 24.4 Å². The molecule has 0 aliphatic carbocycles. The number of hydrogen-bond acceptors (Lipinski definition) is 6. The van der Waals surface area contributed by atoms with Crippen LogP contribution in [0.5, 0.6) is 0 Å². The second-order valence-electron chi connectivity index (χ2n) is 8.27. The van der Waals surface area contributed by atoms with Crippen LogP contribution in [0.3, 0.4) is 0 Å². The predicted octanol–water partition coefficient (Wildman–Crippen LogP) is 1.05. The van der Waals surface area contributed by atoms with E-state index < -0.39 is 37.3 Å². The van der Waals surface area contributed by atoms with Crippen LogP contribution in [0.25, 0.3) is 10.9 Å². The summed E-state index contributed by atoms with van der Waals surface area (Å²) in [6, 6.07) is 14.1. The third kappa shape index (κ3) is 4.25. The van der Waals surface area contributed by atoms with Gasteiger partial charge in [-0.25, -0.2) is 0 Å². The summed E-state index contributed by atoms with van der Waals surface area (Å²) in [5.41, 5.74) is 5.09. The number of aromatic nitrogens is 1. The Hall–Kier alpha value is -2.26. The lowest BCUT2D eigenvalue weighted by Gasteiger charge is -2.40. The lowest BCUT2D eigenvalue weighted by atomic mass is 9.98. The van der Waals surface area contributed by atoms with E-state index in [0.717, 1.165) is 33.2 Å². The molecule has 1 aromatic heterocycles. The highest BCUT2D eigenvalue weighted by atomic mass is 16.6. The number of ether oxygens (including phenoxy) is 1. The highest BCUT2D eigenvalue weighted by Crippen LogP contribution is 2.34. The first kappa shape index (κ1) is 22.0. The van der Waals surface area contributed by atoms with Crippen molar-refractivity contribution < 1.29 is 30.3 Å². The molecular formula is C24H29NO6. The fourth-order valence-electron chi connectivity index (χ4n) is 4.27. The first-order valence-electron chi connectivity index (χ1n) is 10.5. The van der Waals surface area contributed by atoms with Crippen LogP contribution in [0.2, 0.25) is 0 Å². The molecule has 0 bridgehead atoms. The maximum atomic E-state index is 10.6. The molecule has 0 unspecified atom stereocenters. The Labute approximate surface area is 180 Å². The molecule has 3 aromatic rings. The van der Waals surface area contributed by atoms with Crippen molar-refractivity contribution in [1.82, 2.24) is 4.57 Å². The van der Waals surface area contributed by atoms with Crippen molar-refractivity contribution in [3.8, 4) is 0 Å². The highest BCUT2D eigenvalue weighted by molar-refractivity contribution is 5.85. The normalized spacial score (nSPS) is 26.5. The molecule has 166 valence electrons. The van der Waals surface area contributed by atoms with Gasteiger partial charge in [0.05, 0.1) is 12.1 Å². The predicted molar refractivity (Wildman–Crippen MR) is 116 cm³/mol. The molecule has 1 aliphatic heterocycles. The van der Waals surface area contributed by atoms with Crippen molar-refractivity contribution in [2.75, 3.05) is 13.2 Å². The van der Waals surface area contributed by atoms with E-state index in [9.17, 15) is 20.4 Å². The highest BCUT2D eigenvalue weighted by Gasteiger charge is 2.44. The largest absolute Gasteiger partial charge is 0.396 e. The number of aliphatic hydroxyl groups is 5. The first-order chi connectivity index (χ1) is 14.9. The van der Waals surface area contributed by atoms with Gasteiger partial charge in [-0.05, 0) is 48.1 Å². The molecule has 0 spiro atoms. The van der Waals surface area contributed by atoms with Crippen molar-refractivity contribution in [3.63, 3.8) is 0 Å². The summed E-state index contributed by atoms with van der Waals surface area (Å²) in [7, 11) is 0. The second kappa shape index (κ2) is 9.08. The molecule has 2 heterocycles. The lowest BCUT2D eigenvalue weighted by molar-refractivity contribution is -0.250. The quantitative estimate of drug-likeness (QED) is 0.402. The van der Waals surface area contributed by atoms with Crippen LogP contribution in [0.4, 0.5) is 0 Å². The number of rotatable bonds is 6. The fourth-order valence-corrected chi connectivity index (χ4v) is 4.27. The van der Waals surface area contributed by atoms with E-state index in [4.69, 9.17) is 9.84 Å². The molecule has 5 N–H and O–H groups in total. The van der Waals surface area contributed by atoms with Crippen LogP contribution in [0.1, 0.15) is 28.5 Å². The molecule has 5 atom stereocenters. The fraction of sp³-hybridized carbons (Fsp3) is 0.417. The maximum Gasteiger partial charge on any atom is 0.163 e. The van der Waals surface area contributed by atoms with Gasteiger partial charge in [0, 0.05) is 18.2 Å². The van der Waals surface area contributed by atoms with E-state index in [0.29, 0.717) is 12.8 Å². The molecular weight excluding hydrogens is 398 g/mol. The Kier molecular flexibility index (Phi) is 6.43. The van der Waals surface area contributed by atoms with Gasteiger partial charge in [-0.2, -0.15) is 0 Å². The van der Waals surface area contributed by atoms with Gasteiger partial charge in [-0.1, -0.05) is 36.4 Å². The SMILES string of the molecule is Cc1ccc2c(Cc3ccc(CCO)cc3)cn([C@@H]3O[C@H](CO)[C@@H](O)[C@H](O)[C@H]3O)c2c1. The van der Waals surface area contributed by atoms with Gasteiger partial charge >= 0.3 is 0 Å². The average Bonchev–Trinajstić information content (AvgIpc) is 3.11. The van der Waals surface area contributed by atoms with Crippen LogP contribution in [0.15, 0.2) is 48.7 Å². The minimum atomic E-state index is -1.43. The zero-order valence-electron chi connectivity index (χ0n) is 17.4. The third-order valence-corrected chi connectivity index (χ3v) is 6.03. The maximum absolute atomic E-state index is 10.6. The molecule has 0 radical (unpaired) electrons. The van der Waals surface area contributed by atoms with Gasteiger partial charge in [0.15, 0.2) is 6.23 Å². The van der Waals surface area contributed by atoms with Crippen LogP contribution in [-0.2, 0) is 17.6 Å². The second-order valence-corrected chi connectivity index (χ2v) is 8.27. The number of benzene rings is 2. The third-order valence-electron chi connectivity index (χ3n) is 6.03. The number of aliphatic hydroxyl groups excluding tert-OH is 5. The summed E-state index contributed by atoms with van der Waals surface area (Å²) in [6.07, 6.45) is -2.90. The Bertz CT molecular complexity index is 1030. The smallest absolute Gasteiger partial charge is 0.163 e. The molecule has 4 rings (SSSR count). The molecule has 0 amide bonds. The van der Waals surface area contributed by atoms with Gasteiger partial charge in [0.25, 0.3) is 0 Å². The van der Waals surface area contributed by atoms with E-state index in [2.05, 4.69) is 0 Å². The zero-order valence-corrected chi connectivity index (χ0v) is 17.4. The van der Waals surface area contributed by atoms with E-state index in [1.165, 1.54) is 0 Å². The summed E-state index contributed by atoms with van der Waals surface area (Å²) in [5.74, 6) is 0. The Balaban J connectivity index is 1.72. The molecule has 7 heteroatoms. The zero-order chi connectivity index (χ0) is 22.1. The molecule has 1 fully saturated rings. The Morgan fingerprint density at radius 1 is 0.903 bits per heavy atom. The first-order valence-corrected chi connectivity index (χ1v) is 10.5. The van der Waals surface area contributed by atoms with Crippen molar-refractivity contribution >= 4 is 10.9 Å². The van der Waals surface area contributed by atoms with E-state index in [1.807, 2.05) is 55.6 Å². The number of hydrogen-bond donors (Lipinski definition) is 5. The van der Waals surface area contributed by atoms with Crippen LogP contribution >= 0.6 is 0 Å². The molecule has 2 aromatic carbocycles. The summed E-state index contributed by atoms with van der Waals surface area (Å²) in [4.78, 5) is 0. The van der Waals surface area contributed by atoms with Crippen LogP contribution in [-0.4, -0.2) is 67.7 Å². The van der Waals surface area contributed by atoms with Crippen molar-refractivity contribution in [2.45, 2.75) is 50.4 Å². The summed E-state index contributed by atoms with van der Waals surface area (Å²) in [5, 5.41) is 50.6. The van der Waals surface area contributed by atoms with E-state index >= 15 is 0 Å². The van der Waals surface area contributed by atoms with E-state index in [-0.39, 0.29) is 6.61 Å². The van der Waals surface area contributed by atoms with E-state index in [1.54, 1.807) is 4.57 Å². The Morgan fingerprint density at radius 2 is 1.61 bits per heavy atom. The van der Waals surface area contributed by atoms with Gasteiger partial charge in [0.2, 0.25) is 0 Å². The minimum Gasteiger partial charge on any atom is -0.396 e. The minimum absolute atomic E-state index is 0.116. The topological polar surface area (TPSA) is 115 Å². The van der Waals surface area contributed by atoms with Gasteiger partial charge < -0.3 is 34.8 Å². The summed E-state index contributed by atoms with van der Waals surface area (Å²) >= 11 is 0. The van der Waals surface area contributed by atoms with Crippen LogP contribution < -0.4 is 0 Å². The Morgan fingerprint density at radius 3 is 2.29 bits per heavy atom. The van der Waals surface area contributed by atoms with Gasteiger partial charge in [-0.3, -0.25) is 0 Å². The lowest BCUT2D eigenvalue weighted by Crippen LogP contribution is -2.56. The molecule has 31 heavy (non-hydrogen) atoms. The monoisotopic (exact) mass is 427 g/mol. The summed E-state index contributed by atoms with van der Waals surface area (Å²) < 4.78 is 7.58.